The largest absolute Gasteiger partial charge is 0.343 e. The number of imidazole rings is 1. The maximum absolute atomic E-state index is 12.2. The molecule has 0 saturated carbocycles. The molecule has 6 heteroatoms. The molecular formula is C16H20FN3O2. The lowest BCUT2D eigenvalue weighted by Crippen LogP contribution is -2.40. The van der Waals surface area contributed by atoms with E-state index in [-0.39, 0.29) is 24.1 Å². The number of para-hydroxylation sites is 2. The van der Waals surface area contributed by atoms with Gasteiger partial charge in [0, 0.05) is 25.6 Å². The average Bonchev–Trinajstić information content (AvgIpc) is 2.88. The van der Waals surface area contributed by atoms with Gasteiger partial charge in [0.2, 0.25) is 5.91 Å². The van der Waals surface area contributed by atoms with Gasteiger partial charge in [-0.1, -0.05) is 12.1 Å². The minimum Gasteiger partial charge on any atom is -0.343 e. The van der Waals surface area contributed by atoms with Gasteiger partial charge in [-0.05, 0) is 31.4 Å². The highest BCUT2D eigenvalue weighted by molar-refractivity contribution is 5.76. The minimum atomic E-state index is -0.451. The van der Waals surface area contributed by atoms with Gasteiger partial charge in [-0.15, -0.1) is 0 Å². The number of aromatic nitrogens is 2. The van der Waals surface area contributed by atoms with Crippen molar-refractivity contribution in [3.63, 3.8) is 0 Å². The summed E-state index contributed by atoms with van der Waals surface area (Å²) in [5, 5.41) is 0. The lowest BCUT2D eigenvalue weighted by atomic mass is 10.0. The standard InChI is InChI=1S/C16H20FN3O2/c17-9-3-6-15(21)19-10-7-12(8-11-19)20-14-5-2-1-4-13(14)18-16(20)22/h1-2,4-5,12H,3,6-11H2,(H,18,22). The number of nitrogens with one attached hydrogen (secondary N) is 1. The molecule has 1 aliphatic rings. The molecule has 0 atom stereocenters. The number of fused-ring (bicyclic) bond motifs is 1. The monoisotopic (exact) mass is 305 g/mol. The number of nitrogens with zero attached hydrogens (tertiary/aromatic N) is 2. The summed E-state index contributed by atoms with van der Waals surface area (Å²) < 4.78 is 14.0. The van der Waals surface area contributed by atoms with Crippen LogP contribution in [-0.2, 0) is 4.79 Å². The van der Waals surface area contributed by atoms with Crippen molar-refractivity contribution >= 4 is 16.9 Å². The van der Waals surface area contributed by atoms with Gasteiger partial charge >= 0.3 is 5.69 Å². The number of hydrogen-bond acceptors (Lipinski definition) is 2. The molecule has 1 aromatic carbocycles. The molecule has 2 heterocycles. The summed E-state index contributed by atoms with van der Waals surface area (Å²) in [5.41, 5.74) is 1.66. The Labute approximate surface area is 127 Å². The first-order valence-electron chi connectivity index (χ1n) is 7.73. The number of aromatic amines is 1. The number of alkyl halides is 1. The summed E-state index contributed by atoms with van der Waals surface area (Å²) >= 11 is 0. The first-order chi connectivity index (χ1) is 10.7. The lowest BCUT2D eigenvalue weighted by molar-refractivity contribution is -0.132. The number of likely N-dealkylation sites (tertiary alicyclic amines) is 1. The van der Waals surface area contributed by atoms with Gasteiger partial charge in [-0.25, -0.2) is 4.79 Å². The van der Waals surface area contributed by atoms with Crippen molar-refractivity contribution in [3.8, 4) is 0 Å². The number of H-pyrrole nitrogens is 1. The summed E-state index contributed by atoms with van der Waals surface area (Å²) in [6.07, 6.45) is 2.07. The SMILES string of the molecule is O=C(CCCF)N1CCC(n2c(=O)[nH]c3ccccc32)CC1. The summed E-state index contributed by atoms with van der Waals surface area (Å²) in [6.45, 7) is 0.802. The summed E-state index contributed by atoms with van der Waals surface area (Å²) in [6, 6.07) is 7.75. The number of rotatable bonds is 4. The van der Waals surface area contributed by atoms with Crippen LogP contribution in [0.3, 0.4) is 0 Å². The Hall–Kier alpha value is -2.11. The summed E-state index contributed by atoms with van der Waals surface area (Å²) in [4.78, 5) is 28.7. The van der Waals surface area contributed by atoms with Crippen LogP contribution in [0.2, 0.25) is 0 Å². The Morgan fingerprint density at radius 1 is 1.27 bits per heavy atom. The third kappa shape index (κ3) is 2.77. The molecule has 0 aliphatic carbocycles. The van der Waals surface area contributed by atoms with Crippen LogP contribution in [0.15, 0.2) is 29.1 Å². The predicted octanol–water partition coefficient (Wildman–Crippen LogP) is 2.24. The highest BCUT2D eigenvalue weighted by atomic mass is 19.1. The number of halogens is 1. The van der Waals surface area contributed by atoms with Crippen LogP contribution in [0.25, 0.3) is 11.0 Å². The molecule has 0 bridgehead atoms. The fraction of sp³-hybridized carbons (Fsp3) is 0.500. The van der Waals surface area contributed by atoms with Gasteiger partial charge in [-0.3, -0.25) is 13.8 Å². The molecule has 1 aliphatic heterocycles. The molecule has 22 heavy (non-hydrogen) atoms. The van der Waals surface area contributed by atoms with E-state index in [1.54, 1.807) is 9.47 Å². The van der Waals surface area contributed by atoms with Crippen molar-refractivity contribution in [1.82, 2.24) is 14.5 Å². The molecule has 0 unspecified atom stereocenters. The van der Waals surface area contributed by atoms with Crippen molar-refractivity contribution in [2.75, 3.05) is 19.8 Å². The topological polar surface area (TPSA) is 58.1 Å². The van der Waals surface area contributed by atoms with Gasteiger partial charge in [0.15, 0.2) is 0 Å². The second-order valence-corrected chi connectivity index (χ2v) is 5.72. The van der Waals surface area contributed by atoms with Gasteiger partial charge in [-0.2, -0.15) is 0 Å². The number of hydrogen-bond donors (Lipinski definition) is 1. The highest BCUT2D eigenvalue weighted by Gasteiger charge is 2.25. The Kier molecular flexibility index (Phi) is 4.27. The molecule has 1 fully saturated rings. The normalized spacial score (nSPS) is 16.3. The van der Waals surface area contributed by atoms with E-state index in [9.17, 15) is 14.0 Å². The van der Waals surface area contributed by atoms with Crippen molar-refractivity contribution in [2.24, 2.45) is 0 Å². The smallest absolute Gasteiger partial charge is 0.326 e. The summed E-state index contributed by atoms with van der Waals surface area (Å²) in [7, 11) is 0. The molecule has 0 spiro atoms. The molecule has 0 radical (unpaired) electrons. The van der Waals surface area contributed by atoms with Crippen LogP contribution in [0.1, 0.15) is 31.7 Å². The Morgan fingerprint density at radius 3 is 2.73 bits per heavy atom. The molecular weight excluding hydrogens is 285 g/mol. The molecule has 1 N–H and O–H groups in total. The number of benzene rings is 1. The zero-order chi connectivity index (χ0) is 15.5. The van der Waals surface area contributed by atoms with E-state index in [4.69, 9.17) is 0 Å². The van der Waals surface area contributed by atoms with Crippen molar-refractivity contribution in [1.29, 1.82) is 0 Å². The van der Waals surface area contributed by atoms with E-state index in [2.05, 4.69) is 4.98 Å². The number of amides is 1. The maximum atomic E-state index is 12.2. The summed E-state index contributed by atoms with van der Waals surface area (Å²) in [5.74, 6) is 0.0161. The van der Waals surface area contributed by atoms with Gasteiger partial charge in [0.25, 0.3) is 0 Å². The average molecular weight is 305 g/mol. The van der Waals surface area contributed by atoms with Crippen LogP contribution >= 0.6 is 0 Å². The van der Waals surface area contributed by atoms with E-state index >= 15 is 0 Å². The Balaban J connectivity index is 1.72. The maximum Gasteiger partial charge on any atom is 0.326 e. The zero-order valence-corrected chi connectivity index (χ0v) is 12.4. The van der Waals surface area contributed by atoms with E-state index in [1.807, 2.05) is 24.3 Å². The number of piperidine rings is 1. The zero-order valence-electron chi connectivity index (χ0n) is 12.4. The minimum absolute atomic E-state index is 0.0161. The van der Waals surface area contributed by atoms with Crippen LogP contribution in [0.5, 0.6) is 0 Å². The molecule has 2 aromatic rings. The van der Waals surface area contributed by atoms with E-state index < -0.39 is 6.67 Å². The molecule has 5 nitrogen and oxygen atoms in total. The Morgan fingerprint density at radius 2 is 2.00 bits per heavy atom. The lowest BCUT2D eigenvalue weighted by Gasteiger charge is -2.32. The highest BCUT2D eigenvalue weighted by Crippen LogP contribution is 2.25. The predicted molar refractivity (Wildman–Crippen MR) is 82.6 cm³/mol. The molecule has 1 saturated heterocycles. The fourth-order valence-corrected chi connectivity index (χ4v) is 3.19. The van der Waals surface area contributed by atoms with Crippen LogP contribution < -0.4 is 5.69 Å². The van der Waals surface area contributed by atoms with Crippen molar-refractivity contribution in [3.05, 3.63) is 34.7 Å². The van der Waals surface area contributed by atoms with Gasteiger partial charge in [0.05, 0.1) is 17.7 Å². The second-order valence-electron chi connectivity index (χ2n) is 5.72. The van der Waals surface area contributed by atoms with Crippen LogP contribution in [0, 0.1) is 0 Å². The van der Waals surface area contributed by atoms with Crippen molar-refractivity contribution < 1.29 is 9.18 Å². The Bertz CT molecular complexity index is 713. The second kappa shape index (κ2) is 6.34. The fourth-order valence-electron chi connectivity index (χ4n) is 3.19. The van der Waals surface area contributed by atoms with E-state index in [0.29, 0.717) is 19.5 Å². The van der Waals surface area contributed by atoms with Gasteiger partial charge in [0.1, 0.15) is 0 Å². The molecule has 1 aromatic heterocycles. The quantitative estimate of drug-likeness (QED) is 0.942. The van der Waals surface area contributed by atoms with Gasteiger partial charge < -0.3 is 9.88 Å². The van der Waals surface area contributed by atoms with Crippen LogP contribution in [0.4, 0.5) is 4.39 Å². The van der Waals surface area contributed by atoms with Crippen molar-refractivity contribution in [2.45, 2.75) is 31.7 Å². The van der Waals surface area contributed by atoms with E-state index in [0.717, 1.165) is 23.9 Å². The first-order valence-corrected chi connectivity index (χ1v) is 7.73. The molecule has 3 rings (SSSR count). The molecule has 1 amide bonds. The number of carbonyl (C=O) groups is 1. The third-order valence-corrected chi connectivity index (χ3v) is 4.33. The first kappa shape index (κ1) is 14.8. The molecule has 118 valence electrons. The van der Waals surface area contributed by atoms with E-state index in [1.165, 1.54) is 0 Å². The third-order valence-electron chi connectivity index (χ3n) is 4.33. The van der Waals surface area contributed by atoms with Crippen LogP contribution in [-0.4, -0.2) is 40.1 Å². The number of carbonyl (C=O) groups excluding carboxylic acids is 1.